The monoisotopic (exact) mass is 448 g/mol. The first-order chi connectivity index (χ1) is 14.5. The second-order valence-electron chi connectivity index (χ2n) is 8.53. The van der Waals surface area contributed by atoms with Crippen molar-refractivity contribution in [1.29, 1.82) is 4.78 Å². The number of hydrogen-bond acceptors (Lipinski definition) is 6. The summed E-state index contributed by atoms with van der Waals surface area (Å²) in [5.74, 6) is 0.626. The number of benzene rings is 1. The summed E-state index contributed by atoms with van der Waals surface area (Å²) in [7, 11) is -1.84. The molecule has 0 saturated carbocycles. The predicted octanol–water partition coefficient (Wildman–Crippen LogP) is 3.56. The Kier molecular flexibility index (Phi) is 6.61. The number of ether oxygens (including phenoxy) is 1. The summed E-state index contributed by atoms with van der Waals surface area (Å²) < 4.78 is 31.0. The fourth-order valence-corrected chi connectivity index (χ4v) is 4.70. The van der Waals surface area contributed by atoms with E-state index in [0.29, 0.717) is 18.8 Å². The molecule has 2 aromatic rings. The zero-order valence-electron chi connectivity index (χ0n) is 18.9. The van der Waals surface area contributed by atoms with E-state index in [-0.39, 0.29) is 28.7 Å². The fourth-order valence-electron chi connectivity index (χ4n) is 3.67. The van der Waals surface area contributed by atoms with Crippen LogP contribution in [0.15, 0.2) is 23.2 Å². The summed E-state index contributed by atoms with van der Waals surface area (Å²) in [5, 5.41) is 10.1. The molecule has 0 saturated heterocycles. The van der Waals surface area contributed by atoms with Crippen LogP contribution in [0, 0.1) is 11.7 Å². The highest BCUT2D eigenvalue weighted by atomic mass is 32.2. The Morgan fingerprint density at radius 2 is 1.87 bits per heavy atom. The Morgan fingerprint density at radius 3 is 2.42 bits per heavy atom. The van der Waals surface area contributed by atoms with E-state index in [1.807, 2.05) is 26.1 Å². The Bertz CT molecular complexity index is 1050. The maximum atomic E-state index is 13.1. The van der Waals surface area contributed by atoms with Gasteiger partial charge in [0.25, 0.3) is 0 Å². The summed E-state index contributed by atoms with van der Waals surface area (Å²) in [6.45, 7) is 11.2. The second-order valence-corrected chi connectivity index (χ2v) is 10.3. The van der Waals surface area contributed by atoms with Crippen molar-refractivity contribution in [3.8, 4) is 5.88 Å². The molecule has 2 heterocycles. The van der Waals surface area contributed by atoms with Gasteiger partial charge < -0.3 is 15.4 Å². The van der Waals surface area contributed by atoms with Crippen LogP contribution in [0.5, 0.6) is 5.88 Å². The quantitative estimate of drug-likeness (QED) is 0.538. The SMILES string of the molecule is CN[C@@H]1COc2c(S(=N)(=O)NC(=O)Nc3c(C(C)C)cc(C)cc3C(C)C)cnn2C1. The van der Waals surface area contributed by atoms with E-state index in [1.54, 1.807) is 4.68 Å². The number of nitrogens with one attached hydrogen (secondary N) is 4. The molecular weight excluding hydrogens is 416 g/mol. The predicted molar refractivity (Wildman–Crippen MR) is 121 cm³/mol. The molecule has 0 fully saturated rings. The van der Waals surface area contributed by atoms with Crippen LogP contribution < -0.4 is 20.1 Å². The van der Waals surface area contributed by atoms with Gasteiger partial charge in [-0.3, -0.25) is 0 Å². The molecule has 4 N–H and O–H groups in total. The molecule has 0 spiro atoms. The highest BCUT2D eigenvalue weighted by Gasteiger charge is 2.29. The smallest absolute Gasteiger partial charge is 0.331 e. The van der Waals surface area contributed by atoms with Crippen LogP contribution in [0.4, 0.5) is 10.5 Å². The first kappa shape index (κ1) is 23.1. The second kappa shape index (κ2) is 8.88. The molecule has 0 radical (unpaired) electrons. The average Bonchev–Trinajstić information content (AvgIpc) is 3.12. The minimum atomic E-state index is -3.67. The number of carbonyl (C=O) groups excluding carboxylic acids is 1. The summed E-state index contributed by atoms with van der Waals surface area (Å²) in [4.78, 5) is 12.9. The lowest BCUT2D eigenvalue weighted by Gasteiger charge is -2.24. The average molecular weight is 449 g/mol. The molecule has 0 bridgehead atoms. The number of fused-ring (bicyclic) bond motifs is 1. The van der Waals surface area contributed by atoms with Gasteiger partial charge >= 0.3 is 6.03 Å². The highest BCUT2D eigenvalue weighted by Crippen LogP contribution is 2.34. The number of aryl methyl sites for hydroxylation is 1. The summed E-state index contributed by atoms with van der Waals surface area (Å²) >= 11 is 0. The lowest BCUT2D eigenvalue weighted by Crippen LogP contribution is -2.40. The van der Waals surface area contributed by atoms with Crippen LogP contribution in [-0.2, 0) is 16.5 Å². The van der Waals surface area contributed by atoms with Crippen molar-refractivity contribution in [3.05, 3.63) is 35.0 Å². The Morgan fingerprint density at radius 1 is 1.26 bits per heavy atom. The van der Waals surface area contributed by atoms with Crippen LogP contribution >= 0.6 is 0 Å². The molecule has 1 unspecified atom stereocenters. The van der Waals surface area contributed by atoms with Crippen LogP contribution in [0.1, 0.15) is 56.2 Å². The number of urea groups is 1. The molecule has 2 amide bonds. The first-order valence-corrected chi connectivity index (χ1v) is 12.0. The molecule has 1 aliphatic heterocycles. The molecule has 2 atom stereocenters. The molecule has 10 heteroatoms. The first-order valence-electron chi connectivity index (χ1n) is 10.4. The minimum absolute atomic E-state index is 0.0641. The van der Waals surface area contributed by atoms with Gasteiger partial charge in [0, 0.05) is 5.69 Å². The number of likely N-dealkylation sites (N-methyl/N-ethyl adjacent to an activating group) is 1. The number of anilines is 1. The molecule has 0 aliphatic carbocycles. The molecule has 1 aromatic heterocycles. The topological polar surface area (TPSA) is 121 Å². The van der Waals surface area contributed by atoms with Crippen LogP contribution in [-0.4, -0.2) is 39.7 Å². The third-order valence-electron chi connectivity index (χ3n) is 5.35. The Labute approximate surface area is 184 Å². The van der Waals surface area contributed by atoms with E-state index in [4.69, 9.17) is 9.52 Å². The van der Waals surface area contributed by atoms with E-state index in [1.165, 1.54) is 6.20 Å². The van der Waals surface area contributed by atoms with Crippen LogP contribution in [0.3, 0.4) is 0 Å². The number of nitrogens with zero attached hydrogens (tertiary/aromatic N) is 2. The number of amides is 2. The third kappa shape index (κ3) is 4.85. The maximum absolute atomic E-state index is 13.1. The molecule has 1 aliphatic rings. The van der Waals surface area contributed by atoms with Crippen molar-refractivity contribution in [3.63, 3.8) is 0 Å². The molecular formula is C21H32N6O3S. The number of rotatable bonds is 6. The molecule has 1 aromatic carbocycles. The number of carbonyl (C=O) groups is 1. The molecule has 9 nitrogen and oxygen atoms in total. The van der Waals surface area contributed by atoms with E-state index < -0.39 is 15.9 Å². The Hall–Kier alpha value is -2.59. The zero-order valence-corrected chi connectivity index (χ0v) is 19.7. The van der Waals surface area contributed by atoms with Gasteiger partial charge in [0.2, 0.25) is 5.88 Å². The maximum Gasteiger partial charge on any atom is 0.331 e. The van der Waals surface area contributed by atoms with Crippen molar-refractivity contribution < 1.29 is 13.7 Å². The lowest BCUT2D eigenvalue weighted by atomic mass is 9.90. The number of hydrogen-bond donors (Lipinski definition) is 4. The van der Waals surface area contributed by atoms with Crippen molar-refractivity contribution >= 4 is 21.6 Å². The minimum Gasteiger partial charge on any atom is -0.475 e. The van der Waals surface area contributed by atoms with E-state index >= 15 is 0 Å². The highest BCUT2D eigenvalue weighted by molar-refractivity contribution is 7.91. The lowest BCUT2D eigenvalue weighted by molar-refractivity contribution is 0.184. The van der Waals surface area contributed by atoms with Gasteiger partial charge in [-0.25, -0.2) is 23.2 Å². The summed E-state index contributed by atoms with van der Waals surface area (Å²) in [5.41, 5.74) is 3.82. The molecule has 3 rings (SSSR count). The van der Waals surface area contributed by atoms with E-state index in [0.717, 1.165) is 16.7 Å². The van der Waals surface area contributed by atoms with Crippen LogP contribution in [0.2, 0.25) is 0 Å². The third-order valence-corrected chi connectivity index (χ3v) is 6.73. The van der Waals surface area contributed by atoms with Crippen LogP contribution in [0.25, 0.3) is 0 Å². The standard InChI is InChI=1S/C21H32N6O3S/c1-12(2)16-7-14(5)8-17(13(3)4)19(16)25-21(28)26-31(22,29)18-9-24-27-10-15(23-6)11-30-20(18)27/h7-9,12-13,15,23H,10-11H2,1-6H3,(H3,22,25,26,28,29)/t15-,31?/m0/s1. The molecule has 31 heavy (non-hydrogen) atoms. The zero-order chi connectivity index (χ0) is 22.9. The largest absolute Gasteiger partial charge is 0.475 e. The number of aromatic nitrogens is 2. The summed E-state index contributed by atoms with van der Waals surface area (Å²) in [6, 6.07) is 3.47. The van der Waals surface area contributed by atoms with Gasteiger partial charge in [-0.15, -0.1) is 0 Å². The van der Waals surface area contributed by atoms with Gasteiger partial charge in [-0.2, -0.15) is 5.10 Å². The van der Waals surface area contributed by atoms with E-state index in [9.17, 15) is 9.00 Å². The van der Waals surface area contributed by atoms with Gasteiger partial charge in [-0.1, -0.05) is 45.4 Å². The van der Waals surface area contributed by atoms with Gasteiger partial charge in [0.05, 0.1) is 18.8 Å². The van der Waals surface area contributed by atoms with Crippen molar-refractivity contribution in [2.24, 2.45) is 0 Å². The summed E-state index contributed by atoms with van der Waals surface area (Å²) in [6.07, 6.45) is 1.33. The molecule has 170 valence electrons. The van der Waals surface area contributed by atoms with Crippen molar-refractivity contribution in [1.82, 2.24) is 19.8 Å². The van der Waals surface area contributed by atoms with Gasteiger partial charge in [0.15, 0.2) is 9.92 Å². The van der Waals surface area contributed by atoms with Gasteiger partial charge in [0.1, 0.15) is 11.5 Å². The fraction of sp³-hybridized carbons (Fsp3) is 0.524. The van der Waals surface area contributed by atoms with Crippen molar-refractivity contribution in [2.75, 3.05) is 19.0 Å². The van der Waals surface area contributed by atoms with Crippen molar-refractivity contribution in [2.45, 2.75) is 63.9 Å². The van der Waals surface area contributed by atoms with Gasteiger partial charge in [-0.05, 0) is 36.9 Å². The normalized spacial score (nSPS) is 17.7. The van der Waals surface area contributed by atoms with E-state index in [2.05, 4.69) is 48.1 Å². The Balaban J connectivity index is 1.86.